The van der Waals surface area contributed by atoms with Gasteiger partial charge in [-0.3, -0.25) is 8.42 Å². The summed E-state index contributed by atoms with van der Waals surface area (Å²) in [6.45, 7) is 0. The van der Waals surface area contributed by atoms with Crippen molar-refractivity contribution in [3.8, 4) is 0 Å². The first-order chi connectivity index (χ1) is 2.00. The fourth-order valence-electron chi connectivity index (χ4n) is 0. The van der Waals surface area contributed by atoms with Crippen LogP contribution in [-0.4, -0.2) is 17.5 Å². The summed E-state index contributed by atoms with van der Waals surface area (Å²) in [5.74, 6) is 0. The van der Waals surface area contributed by atoms with E-state index in [0.29, 0.717) is 0 Å². The van der Waals surface area contributed by atoms with Gasteiger partial charge in [-0.05, 0) is 0 Å². The third-order valence-electron chi connectivity index (χ3n) is 0. The van der Waals surface area contributed by atoms with E-state index in [2.05, 4.69) is 0 Å². The van der Waals surface area contributed by atoms with E-state index >= 15 is 0 Å². The number of hydrogen-bond donors (Lipinski definition) is 0. The minimum atomic E-state index is -5.17. The quantitative estimate of drug-likeness (QED) is 0.236. The summed E-state index contributed by atoms with van der Waals surface area (Å²) in [4.78, 5) is 0. The van der Waals surface area contributed by atoms with E-state index in [9.17, 15) is 0 Å². The summed E-state index contributed by atoms with van der Waals surface area (Å²) in [6, 6.07) is 0. The Morgan fingerprint density at radius 1 is 1.00 bits per heavy atom. The second-order valence-electron chi connectivity index (χ2n) is 0.408. The van der Waals surface area contributed by atoms with Crippen LogP contribution in [0.25, 0.3) is 0 Å². The van der Waals surface area contributed by atoms with E-state index in [-0.39, 0.29) is 55.3 Å². The summed E-state index contributed by atoms with van der Waals surface area (Å²) in [6.07, 6.45) is 0. The first-order valence-corrected chi connectivity index (χ1v) is 2.00. The molecule has 0 aromatic rings. The average molecular weight is 497 g/mol. The zero-order valence-corrected chi connectivity index (χ0v) is 15.3. The Hall–Kier alpha value is 1.74. The van der Waals surface area contributed by atoms with E-state index in [1.807, 2.05) is 0 Å². The molecule has 0 aliphatic heterocycles. The van der Waals surface area contributed by atoms with Crippen molar-refractivity contribution in [3.63, 3.8) is 0 Å². The van der Waals surface area contributed by atoms with Crippen LogP contribution in [0.4, 0.5) is 0 Å². The molecule has 0 aromatic carbocycles. The molecule has 0 aliphatic carbocycles. The molecule has 0 N–H and O–H groups in total. The van der Waals surface area contributed by atoms with Gasteiger partial charge in [0.1, 0.15) is 0 Å². The van der Waals surface area contributed by atoms with Crippen LogP contribution in [0.3, 0.4) is 0 Å². The molecule has 7 heavy (non-hydrogen) atoms. The van der Waals surface area contributed by atoms with E-state index in [0.717, 1.165) is 0 Å². The Bertz CT molecular complexity index is 92.9. The van der Waals surface area contributed by atoms with Crippen LogP contribution < -0.4 is 0 Å². The Kier molecular flexibility index (Phi) is 13.3. The second-order valence-corrected chi connectivity index (χ2v) is 1.22. The number of hydrogen-bond acceptors (Lipinski definition) is 4. The van der Waals surface area contributed by atoms with Crippen molar-refractivity contribution in [1.29, 1.82) is 0 Å². The normalized spacial score (nSPS) is 8.29. The number of rotatable bonds is 0. The van der Waals surface area contributed by atoms with Gasteiger partial charge in [-0.2, -0.15) is 0 Å². The molecule has 0 amide bonds. The van der Waals surface area contributed by atoms with Gasteiger partial charge in [-0.15, -0.1) is 0 Å². The summed E-state index contributed by atoms with van der Waals surface area (Å²) >= 11 is 0. The van der Waals surface area contributed by atoms with Crippen molar-refractivity contribution >= 4 is 10.4 Å². The molecule has 0 radical (unpaired) electrons. The third-order valence-corrected chi connectivity index (χ3v) is 0. The zero-order chi connectivity index (χ0) is 4.50. The molecule has 0 rings (SSSR count). The van der Waals surface area contributed by atoms with E-state index in [1.165, 1.54) is 0 Å². The fourth-order valence-corrected chi connectivity index (χ4v) is 0. The molecule has 0 aromatic heterocycles. The van der Waals surface area contributed by atoms with E-state index in [1.54, 1.807) is 0 Å². The predicted octanol–water partition coefficient (Wildman–Crippen LogP) is -1.34. The summed E-state index contributed by atoms with van der Waals surface area (Å²) < 4.78 is 34.1. The van der Waals surface area contributed by atoms with Crippen LogP contribution in [0.2, 0.25) is 0 Å². The summed E-state index contributed by atoms with van der Waals surface area (Å²) in [7, 11) is -5.17. The monoisotopic (exact) mass is 500 g/mol. The van der Waals surface area contributed by atoms with Gasteiger partial charge < -0.3 is 9.11 Å². The molecule has 0 atom stereocenters. The van der Waals surface area contributed by atoms with Gasteiger partial charge in [0.25, 0.3) is 0 Å². The first-order valence-electron chi connectivity index (χ1n) is 0.667. The molecule has 0 fully saturated rings. The van der Waals surface area contributed by atoms with Gasteiger partial charge in [-0.1, -0.05) is 0 Å². The molecule has 0 aliphatic rings. The molecule has 0 spiro atoms. The molecule has 7 heteroatoms. The van der Waals surface area contributed by atoms with Crippen molar-refractivity contribution in [2.75, 3.05) is 0 Å². The molecule has 0 unspecified atom stereocenters. The predicted molar refractivity (Wildman–Crippen MR) is 10.5 cm³/mol. The van der Waals surface area contributed by atoms with Crippen LogP contribution >= 0.6 is 0 Å². The van der Waals surface area contributed by atoms with Crippen molar-refractivity contribution < 1.29 is 72.9 Å². The van der Waals surface area contributed by atoms with Gasteiger partial charge in [0, 0.05) is 10.4 Å². The van der Waals surface area contributed by atoms with E-state index < -0.39 is 10.4 Å². The maximum absolute atomic E-state index is 8.52. The third kappa shape index (κ3) is 84.2. The van der Waals surface area contributed by atoms with Gasteiger partial charge >= 0.3 is 55.3 Å². The maximum atomic E-state index is 8.52. The Morgan fingerprint density at radius 3 is 1.00 bits per heavy atom. The van der Waals surface area contributed by atoms with E-state index in [4.69, 9.17) is 17.5 Å². The fraction of sp³-hybridized carbons (Fsp3) is 0. The average Bonchev–Trinajstić information content (AvgIpc) is 0.722. The van der Waals surface area contributed by atoms with Gasteiger partial charge in [-0.25, -0.2) is 0 Å². The second kappa shape index (κ2) is 5.87. The minimum Gasteiger partial charge on any atom is -0.759 e. The largest absolute Gasteiger partial charge is 2.00 e. The van der Waals surface area contributed by atoms with Crippen LogP contribution in [0, 0.1) is 0 Å². The van der Waals surface area contributed by atoms with Crippen molar-refractivity contribution in [3.05, 3.63) is 0 Å². The maximum Gasteiger partial charge on any atom is 2.00 e. The molecule has 4 nitrogen and oxygen atoms in total. The zero-order valence-electron chi connectivity index (χ0n) is 3.46. The van der Waals surface area contributed by atoms with Crippen LogP contribution in [0.1, 0.15) is 0 Å². The first kappa shape index (κ1) is 15.9. The summed E-state index contributed by atoms with van der Waals surface area (Å²) in [5, 5.41) is 0. The minimum absolute atomic E-state index is 0. The molecular formula is Hg2O4S+2. The van der Waals surface area contributed by atoms with Crippen molar-refractivity contribution in [1.82, 2.24) is 0 Å². The topological polar surface area (TPSA) is 80.3 Å². The van der Waals surface area contributed by atoms with Crippen LogP contribution in [0.5, 0.6) is 0 Å². The SMILES string of the molecule is O=S(=O)([O-])[O-].[Hg+2].[Hg+2]. The van der Waals surface area contributed by atoms with Gasteiger partial charge in [0.05, 0.1) is 0 Å². The van der Waals surface area contributed by atoms with Crippen molar-refractivity contribution in [2.24, 2.45) is 0 Å². The van der Waals surface area contributed by atoms with Crippen LogP contribution in [-0.2, 0) is 65.7 Å². The van der Waals surface area contributed by atoms with Gasteiger partial charge in [0.15, 0.2) is 0 Å². The molecule has 0 heterocycles. The molecule has 0 saturated carbocycles. The molecule has 0 bridgehead atoms. The molecular weight excluding hydrogens is 497 g/mol. The molecule has 0 saturated heterocycles. The summed E-state index contributed by atoms with van der Waals surface area (Å²) in [5.41, 5.74) is 0. The Labute approximate surface area is 82.3 Å². The standard InChI is InChI=1S/2Hg.H2O4S/c;;1-5(2,3)4/h;;(H2,1,2,3,4)/q2*+2;/p-2. The Balaban J connectivity index is -0.0000000800. The van der Waals surface area contributed by atoms with Crippen molar-refractivity contribution in [2.45, 2.75) is 0 Å². The molecule has 32 valence electrons. The Morgan fingerprint density at radius 2 is 1.00 bits per heavy atom. The van der Waals surface area contributed by atoms with Crippen LogP contribution in [0.15, 0.2) is 0 Å². The smallest absolute Gasteiger partial charge is 0.759 e. The van der Waals surface area contributed by atoms with Gasteiger partial charge in [0.2, 0.25) is 0 Å².